The fourth-order valence-corrected chi connectivity index (χ4v) is 1.60. The van der Waals surface area contributed by atoms with Gasteiger partial charge in [-0.25, -0.2) is 4.79 Å². The highest BCUT2D eigenvalue weighted by molar-refractivity contribution is 5.84. The van der Waals surface area contributed by atoms with Crippen molar-refractivity contribution in [3.05, 3.63) is 47.4 Å². The van der Waals surface area contributed by atoms with Crippen molar-refractivity contribution < 1.29 is 28.6 Å². The maximum atomic E-state index is 10.7. The van der Waals surface area contributed by atoms with Crippen molar-refractivity contribution in [2.24, 2.45) is 0 Å². The third-order valence-electron chi connectivity index (χ3n) is 2.57. The number of benzene rings is 1. The smallest absolute Gasteiger partial charge is 0.371 e. The van der Waals surface area contributed by atoms with Crippen LogP contribution in [0.2, 0.25) is 0 Å². The van der Waals surface area contributed by atoms with Crippen molar-refractivity contribution in [2.75, 3.05) is 7.11 Å². The number of rotatable bonds is 6. The normalized spacial score (nSPS) is 10.1. The second-order valence-electron chi connectivity index (χ2n) is 3.89. The largest absolute Gasteiger partial charge is 0.493 e. The summed E-state index contributed by atoms with van der Waals surface area (Å²) in [6.45, 7) is 0.0337. The summed E-state index contributed by atoms with van der Waals surface area (Å²) in [6.07, 6.45) is 0.696. The van der Waals surface area contributed by atoms with Gasteiger partial charge in [0.05, 0.1) is 7.11 Å². The first-order valence-corrected chi connectivity index (χ1v) is 5.72. The molecule has 0 saturated heterocycles. The average molecular weight is 276 g/mol. The van der Waals surface area contributed by atoms with Crippen LogP contribution in [0.5, 0.6) is 11.5 Å². The van der Waals surface area contributed by atoms with E-state index in [-0.39, 0.29) is 12.4 Å². The lowest BCUT2D eigenvalue weighted by Gasteiger charge is -2.09. The summed E-state index contributed by atoms with van der Waals surface area (Å²) in [7, 11) is 1.48. The van der Waals surface area contributed by atoms with Gasteiger partial charge in [-0.05, 0) is 30.3 Å². The minimum absolute atomic E-state index is 0.0337. The first-order valence-electron chi connectivity index (χ1n) is 5.72. The summed E-state index contributed by atoms with van der Waals surface area (Å²) in [4.78, 5) is 21.4. The minimum Gasteiger partial charge on any atom is -0.493 e. The predicted molar refractivity (Wildman–Crippen MR) is 68.4 cm³/mol. The number of carboxylic acid groups (broad SMARTS) is 1. The second-order valence-corrected chi connectivity index (χ2v) is 3.89. The Labute approximate surface area is 114 Å². The molecule has 0 unspecified atom stereocenters. The monoisotopic (exact) mass is 276 g/mol. The predicted octanol–water partition coefficient (Wildman–Crippen LogP) is 2.38. The number of hydrogen-bond acceptors (Lipinski definition) is 5. The fourth-order valence-electron chi connectivity index (χ4n) is 1.60. The van der Waals surface area contributed by atoms with E-state index in [1.807, 2.05) is 0 Å². The van der Waals surface area contributed by atoms with E-state index in [2.05, 4.69) is 0 Å². The number of aldehydes is 1. The zero-order valence-electron chi connectivity index (χ0n) is 10.7. The molecular formula is C14H12O6. The van der Waals surface area contributed by atoms with E-state index < -0.39 is 5.97 Å². The first kappa shape index (κ1) is 13.7. The summed E-state index contributed by atoms with van der Waals surface area (Å²) in [5, 5.41) is 8.74. The van der Waals surface area contributed by atoms with Gasteiger partial charge in [0.1, 0.15) is 18.7 Å². The molecule has 2 aromatic rings. The SMILES string of the molecule is COc1ccc(C=O)cc1OCc1ccc(C(=O)O)o1. The van der Waals surface area contributed by atoms with Crippen molar-refractivity contribution in [1.82, 2.24) is 0 Å². The molecule has 6 heteroatoms. The Balaban J connectivity index is 2.12. The Bertz CT molecular complexity index is 628. The third kappa shape index (κ3) is 2.97. The molecule has 0 atom stereocenters. The molecular weight excluding hydrogens is 264 g/mol. The van der Waals surface area contributed by atoms with Gasteiger partial charge in [0, 0.05) is 5.56 Å². The van der Waals surface area contributed by atoms with Crippen molar-refractivity contribution in [1.29, 1.82) is 0 Å². The van der Waals surface area contributed by atoms with Crippen molar-refractivity contribution in [3.63, 3.8) is 0 Å². The zero-order valence-corrected chi connectivity index (χ0v) is 10.7. The van der Waals surface area contributed by atoms with Crippen LogP contribution in [0.3, 0.4) is 0 Å². The molecule has 1 N–H and O–H groups in total. The summed E-state index contributed by atoms with van der Waals surface area (Å²) < 4.78 is 15.7. The van der Waals surface area contributed by atoms with Crippen LogP contribution in [0.1, 0.15) is 26.7 Å². The summed E-state index contributed by atoms with van der Waals surface area (Å²) in [5.41, 5.74) is 0.450. The van der Waals surface area contributed by atoms with E-state index in [9.17, 15) is 9.59 Å². The molecule has 6 nitrogen and oxygen atoms in total. The van der Waals surface area contributed by atoms with Gasteiger partial charge in [-0.1, -0.05) is 0 Å². The fraction of sp³-hybridized carbons (Fsp3) is 0.143. The Kier molecular flexibility index (Phi) is 4.05. The van der Waals surface area contributed by atoms with E-state index in [1.54, 1.807) is 12.1 Å². The van der Waals surface area contributed by atoms with Crippen LogP contribution < -0.4 is 9.47 Å². The molecule has 1 aromatic heterocycles. The van der Waals surface area contributed by atoms with E-state index >= 15 is 0 Å². The number of aromatic carboxylic acids is 1. The molecule has 2 rings (SSSR count). The molecule has 0 bridgehead atoms. The molecule has 0 amide bonds. The highest BCUT2D eigenvalue weighted by Gasteiger charge is 2.11. The van der Waals surface area contributed by atoms with Gasteiger partial charge in [0.2, 0.25) is 5.76 Å². The number of carbonyl (C=O) groups is 2. The van der Waals surface area contributed by atoms with Gasteiger partial charge in [-0.15, -0.1) is 0 Å². The van der Waals surface area contributed by atoms with Crippen LogP contribution in [0.25, 0.3) is 0 Å². The standard InChI is InChI=1S/C14H12O6/c1-18-11-4-2-9(7-15)6-13(11)19-8-10-3-5-12(20-10)14(16)17/h2-7H,8H2,1H3,(H,16,17). The van der Waals surface area contributed by atoms with E-state index in [0.29, 0.717) is 29.1 Å². The first-order chi connectivity index (χ1) is 9.63. The molecule has 0 aliphatic carbocycles. The van der Waals surface area contributed by atoms with Gasteiger partial charge in [0.25, 0.3) is 0 Å². The number of hydrogen-bond donors (Lipinski definition) is 1. The number of methoxy groups -OCH3 is 1. The molecule has 0 radical (unpaired) electrons. The van der Waals surface area contributed by atoms with Gasteiger partial charge in [0.15, 0.2) is 11.5 Å². The van der Waals surface area contributed by atoms with Gasteiger partial charge < -0.3 is 19.0 Å². The Hall–Kier alpha value is -2.76. The van der Waals surface area contributed by atoms with Crippen molar-refractivity contribution >= 4 is 12.3 Å². The summed E-state index contributed by atoms with van der Waals surface area (Å²) in [6, 6.07) is 7.62. The second kappa shape index (κ2) is 5.92. The van der Waals surface area contributed by atoms with Crippen LogP contribution in [0.15, 0.2) is 34.7 Å². The van der Waals surface area contributed by atoms with Crippen LogP contribution in [-0.4, -0.2) is 24.5 Å². The molecule has 0 saturated carbocycles. The Morgan fingerprint density at radius 3 is 2.70 bits per heavy atom. The molecule has 0 spiro atoms. The lowest BCUT2D eigenvalue weighted by molar-refractivity contribution is 0.0658. The molecule has 0 fully saturated rings. The highest BCUT2D eigenvalue weighted by atomic mass is 16.5. The highest BCUT2D eigenvalue weighted by Crippen LogP contribution is 2.28. The Morgan fingerprint density at radius 2 is 2.10 bits per heavy atom. The number of carboxylic acids is 1. The van der Waals surface area contributed by atoms with Crippen molar-refractivity contribution in [3.8, 4) is 11.5 Å². The van der Waals surface area contributed by atoms with Crippen LogP contribution in [-0.2, 0) is 6.61 Å². The van der Waals surface area contributed by atoms with Gasteiger partial charge in [-0.2, -0.15) is 0 Å². The number of ether oxygens (including phenoxy) is 2. The van der Waals surface area contributed by atoms with Gasteiger partial charge in [-0.3, -0.25) is 4.79 Å². The number of carbonyl (C=O) groups excluding carboxylic acids is 1. The topological polar surface area (TPSA) is 86.0 Å². The summed E-state index contributed by atoms with van der Waals surface area (Å²) >= 11 is 0. The quantitative estimate of drug-likeness (QED) is 0.815. The van der Waals surface area contributed by atoms with Crippen LogP contribution >= 0.6 is 0 Å². The van der Waals surface area contributed by atoms with Crippen molar-refractivity contribution in [2.45, 2.75) is 6.61 Å². The average Bonchev–Trinajstić information content (AvgIpc) is 2.93. The minimum atomic E-state index is -1.14. The maximum absolute atomic E-state index is 10.7. The zero-order chi connectivity index (χ0) is 14.5. The molecule has 1 aromatic carbocycles. The molecule has 104 valence electrons. The van der Waals surface area contributed by atoms with Crippen LogP contribution in [0, 0.1) is 0 Å². The third-order valence-corrected chi connectivity index (χ3v) is 2.57. The maximum Gasteiger partial charge on any atom is 0.371 e. The van der Waals surface area contributed by atoms with Gasteiger partial charge >= 0.3 is 5.97 Å². The molecule has 1 heterocycles. The molecule has 0 aliphatic rings. The van der Waals surface area contributed by atoms with E-state index in [0.717, 1.165) is 0 Å². The lowest BCUT2D eigenvalue weighted by atomic mass is 10.2. The van der Waals surface area contributed by atoms with Crippen LogP contribution in [0.4, 0.5) is 0 Å². The van der Waals surface area contributed by atoms with E-state index in [4.69, 9.17) is 19.0 Å². The molecule has 20 heavy (non-hydrogen) atoms. The number of furan rings is 1. The summed E-state index contributed by atoms with van der Waals surface area (Å²) in [5.74, 6) is -0.0825. The van der Waals surface area contributed by atoms with E-state index in [1.165, 1.54) is 25.3 Å². The Morgan fingerprint density at radius 1 is 1.30 bits per heavy atom. The molecule has 0 aliphatic heterocycles. The lowest BCUT2D eigenvalue weighted by Crippen LogP contribution is -1.98.